The number of aryl methyl sites for hydroxylation is 2. The third-order valence-corrected chi connectivity index (χ3v) is 2.50. The molecule has 0 spiro atoms. The van der Waals surface area contributed by atoms with Crippen LogP contribution in [0.25, 0.3) is 11.4 Å². The number of aromatic nitrogens is 4. The lowest BCUT2D eigenvalue weighted by Crippen LogP contribution is -2.00. The molecule has 2 aromatic rings. The standard InChI is InChI=1S/C12H17N5/c1-4-5-10-6-11(13-2)16-12(15-10)9-7-14-17(3)8-9/h6-8H,4-5H2,1-3H3,(H,13,15,16). The zero-order valence-electron chi connectivity index (χ0n) is 10.4. The SMILES string of the molecule is CCCc1cc(NC)nc(-c2cnn(C)c2)n1. The van der Waals surface area contributed by atoms with Crippen LogP contribution in [0.15, 0.2) is 18.5 Å². The molecule has 0 aliphatic carbocycles. The lowest BCUT2D eigenvalue weighted by molar-refractivity contribution is 0.768. The molecule has 5 heteroatoms. The van der Waals surface area contributed by atoms with Gasteiger partial charge in [-0.2, -0.15) is 5.10 Å². The third-order valence-electron chi connectivity index (χ3n) is 2.50. The Kier molecular flexibility index (Phi) is 3.37. The molecular formula is C12H17N5. The van der Waals surface area contributed by atoms with E-state index < -0.39 is 0 Å². The van der Waals surface area contributed by atoms with E-state index in [1.807, 2.05) is 26.4 Å². The van der Waals surface area contributed by atoms with Gasteiger partial charge in [0, 0.05) is 32.1 Å². The second kappa shape index (κ2) is 4.95. The quantitative estimate of drug-likeness (QED) is 0.872. The zero-order valence-corrected chi connectivity index (χ0v) is 10.4. The van der Waals surface area contributed by atoms with Gasteiger partial charge in [0.05, 0.1) is 11.8 Å². The second-order valence-electron chi connectivity index (χ2n) is 3.97. The first-order chi connectivity index (χ1) is 8.22. The van der Waals surface area contributed by atoms with E-state index in [4.69, 9.17) is 0 Å². The fourth-order valence-corrected chi connectivity index (χ4v) is 1.68. The normalized spacial score (nSPS) is 10.5. The molecule has 0 bridgehead atoms. The highest BCUT2D eigenvalue weighted by Crippen LogP contribution is 2.17. The number of nitrogens with one attached hydrogen (secondary N) is 1. The average molecular weight is 231 g/mol. The number of rotatable bonds is 4. The topological polar surface area (TPSA) is 55.6 Å². The molecule has 1 N–H and O–H groups in total. The van der Waals surface area contributed by atoms with Crippen molar-refractivity contribution in [3.8, 4) is 11.4 Å². The van der Waals surface area contributed by atoms with E-state index >= 15 is 0 Å². The summed E-state index contributed by atoms with van der Waals surface area (Å²) in [4.78, 5) is 8.99. The maximum atomic E-state index is 4.55. The summed E-state index contributed by atoms with van der Waals surface area (Å²) in [5.74, 6) is 1.58. The summed E-state index contributed by atoms with van der Waals surface area (Å²) in [6, 6.07) is 1.99. The summed E-state index contributed by atoms with van der Waals surface area (Å²) < 4.78 is 1.75. The molecule has 90 valence electrons. The molecule has 0 aliphatic heterocycles. The molecule has 0 amide bonds. The predicted octanol–water partition coefficient (Wildman–Crippen LogP) is 1.87. The van der Waals surface area contributed by atoms with E-state index in [0.717, 1.165) is 35.7 Å². The first kappa shape index (κ1) is 11.6. The molecule has 0 radical (unpaired) electrons. The Hall–Kier alpha value is -1.91. The summed E-state index contributed by atoms with van der Waals surface area (Å²) in [5.41, 5.74) is 2.01. The van der Waals surface area contributed by atoms with Crippen LogP contribution >= 0.6 is 0 Å². The van der Waals surface area contributed by atoms with E-state index in [0.29, 0.717) is 0 Å². The minimum atomic E-state index is 0.730. The number of hydrogen-bond acceptors (Lipinski definition) is 4. The maximum absolute atomic E-state index is 4.55. The molecule has 2 heterocycles. The second-order valence-corrected chi connectivity index (χ2v) is 3.97. The van der Waals surface area contributed by atoms with Gasteiger partial charge in [0.1, 0.15) is 5.82 Å². The van der Waals surface area contributed by atoms with Crippen LogP contribution in [0.2, 0.25) is 0 Å². The van der Waals surface area contributed by atoms with Gasteiger partial charge in [-0.15, -0.1) is 0 Å². The summed E-state index contributed by atoms with van der Waals surface area (Å²) in [6.45, 7) is 2.14. The van der Waals surface area contributed by atoms with Crippen LogP contribution in [0.1, 0.15) is 19.0 Å². The number of hydrogen-bond donors (Lipinski definition) is 1. The van der Waals surface area contributed by atoms with Crippen LogP contribution in [0.3, 0.4) is 0 Å². The van der Waals surface area contributed by atoms with Crippen LogP contribution in [-0.2, 0) is 13.5 Å². The van der Waals surface area contributed by atoms with Gasteiger partial charge in [0.25, 0.3) is 0 Å². The molecule has 2 aromatic heterocycles. The van der Waals surface area contributed by atoms with Crippen molar-refractivity contribution in [1.82, 2.24) is 19.7 Å². The molecule has 2 rings (SSSR count). The predicted molar refractivity (Wildman–Crippen MR) is 67.8 cm³/mol. The van der Waals surface area contributed by atoms with Crippen LogP contribution in [-0.4, -0.2) is 26.8 Å². The molecule has 0 atom stereocenters. The van der Waals surface area contributed by atoms with Gasteiger partial charge < -0.3 is 5.32 Å². The van der Waals surface area contributed by atoms with Gasteiger partial charge in [-0.3, -0.25) is 4.68 Å². The minimum absolute atomic E-state index is 0.730. The van der Waals surface area contributed by atoms with Gasteiger partial charge in [-0.05, 0) is 6.42 Å². The summed E-state index contributed by atoms with van der Waals surface area (Å²) in [6.07, 6.45) is 5.74. The van der Waals surface area contributed by atoms with Gasteiger partial charge in [-0.25, -0.2) is 9.97 Å². The molecule has 17 heavy (non-hydrogen) atoms. The van der Waals surface area contributed by atoms with Crippen molar-refractivity contribution < 1.29 is 0 Å². The molecule has 0 unspecified atom stereocenters. The van der Waals surface area contributed by atoms with Crippen LogP contribution in [0, 0.1) is 0 Å². The largest absolute Gasteiger partial charge is 0.373 e. The fraction of sp³-hybridized carbons (Fsp3) is 0.417. The Balaban J connectivity index is 2.42. The van der Waals surface area contributed by atoms with Gasteiger partial charge in [0.2, 0.25) is 0 Å². The summed E-state index contributed by atoms with van der Waals surface area (Å²) in [7, 11) is 3.75. The molecule has 0 fully saturated rings. The van der Waals surface area contributed by atoms with Crippen molar-refractivity contribution >= 4 is 5.82 Å². The Morgan fingerprint density at radius 1 is 1.35 bits per heavy atom. The maximum Gasteiger partial charge on any atom is 0.164 e. The van der Waals surface area contributed by atoms with Gasteiger partial charge >= 0.3 is 0 Å². The molecule has 0 saturated heterocycles. The van der Waals surface area contributed by atoms with Crippen LogP contribution in [0.5, 0.6) is 0 Å². The molecule has 0 aromatic carbocycles. The molecule has 0 saturated carbocycles. The van der Waals surface area contributed by atoms with Crippen LogP contribution < -0.4 is 5.32 Å². The van der Waals surface area contributed by atoms with Crippen molar-refractivity contribution in [2.45, 2.75) is 19.8 Å². The van der Waals surface area contributed by atoms with E-state index in [-0.39, 0.29) is 0 Å². The lowest BCUT2D eigenvalue weighted by atomic mass is 10.2. The average Bonchev–Trinajstić information content (AvgIpc) is 2.76. The first-order valence-electron chi connectivity index (χ1n) is 5.77. The van der Waals surface area contributed by atoms with Crippen molar-refractivity contribution in [3.05, 3.63) is 24.2 Å². The van der Waals surface area contributed by atoms with Crippen molar-refractivity contribution in [2.24, 2.45) is 7.05 Å². The Morgan fingerprint density at radius 3 is 2.76 bits per heavy atom. The number of anilines is 1. The fourth-order valence-electron chi connectivity index (χ4n) is 1.68. The van der Waals surface area contributed by atoms with E-state index in [2.05, 4.69) is 27.3 Å². The smallest absolute Gasteiger partial charge is 0.164 e. The highest BCUT2D eigenvalue weighted by Gasteiger charge is 2.07. The Labute approximate surface area is 101 Å². The van der Waals surface area contributed by atoms with Crippen LogP contribution in [0.4, 0.5) is 5.82 Å². The van der Waals surface area contributed by atoms with E-state index in [1.54, 1.807) is 10.9 Å². The van der Waals surface area contributed by atoms with Gasteiger partial charge in [0.15, 0.2) is 5.82 Å². The minimum Gasteiger partial charge on any atom is -0.373 e. The summed E-state index contributed by atoms with van der Waals surface area (Å²) in [5, 5.41) is 7.20. The van der Waals surface area contributed by atoms with Crippen molar-refractivity contribution in [3.63, 3.8) is 0 Å². The highest BCUT2D eigenvalue weighted by atomic mass is 15.2. The highest BCUT2D eigenvalue weighted by molar-refractivity contribution is 5.55. The number of nitrogens with zero attached hydrogens (tertiary/aromatic N) is 4. The van der Waals surface area contributed by atoms with Crippen molar-refractivity contribution in [1.29, 1.82) is 0 Å². The first-order valence-corrected chi connectivity index (χ1v) is 5.77. The van der Waals surface area contributed by atoms with E-state index in [1.165, 1.54) is 0 Å². The molecule has 0 aliphatic rings. The lowest BCUT2D eigenvalue weighted by Gasteiger charge is -2.05. The van der Waals surface area contributed by atoms with Gasteiger partial charge in [-0.1, -0.05) is 13.3 Å². The monoisotopic (exact) mass is 231 g/mol. The molecular weight excluding hydrogens is 214 g/mol. The molecule has 5 nitrogen and oxygen atoms in total. The third kappa shape index (κ3) is 2.61. The zero-order chi connectivity index (χ0) is 12.3. The Bertz CT molecular complexity index is 503. The Morgan fingerprint density at radius 2 is 2.18 bits per heavy atom. The van der Waals surface area contributed by atoms with E-state index in [9.17, 15) is 0 Å². The summed E-state index contributed by atoms with van der Waals surface area (Å²) >= 11 is 0. The van der Waals surface area contributed by atoms with Crippen molar-refractivity contribution in [2.75, 3.05) is 12.4 Å².